The third kappa shape index (κ3) is 2.32. The van der Waals surface area contributed by atoms with Gasteiger partial charge >= 0.3 is 0 Å². The molecule has 0 saturated carbocycles. The molecule has 0 aromatic carbocycles. The number of anilines is 1. The van der Waals surface area contributed by atoms with E-state index in [1.54, 1.807) is 18.6 Å². The SMILES string of the molecule is Cc1cc2c(NC(c3nccn3C)c3nccn3C)nccn2n1. The molecule has 0 fully saturated rings. The van der Waals surface area contributed by atoms with E-state index in [0.717, 1.165) is 28.7 Å². The van der Waals surface area contributed by atoms with Crippen molar-refractivity contribution in [3.63, 3.8) is 0 Å². The lowest BCUT2D eigenvalue weighted by Crippen LogP contribution is -2.21. The van der Waals surface area contributed by atoms with Crippen molar-refractivity contribution < 1.29 is 0 Å². The molecular formula is C16H18N8. The minimum Gasteiger partial charge on any atom is -0.352 e. The molecule has 0 spiro atoms. The zero-order valence-electron chi connectivity index (χ0n) is 13.7. The fourth-order valence-corrected chi connectivity index (χ4v) is 2.85. The van der Waals surface area contributed by atoms with Crippen LogP contribution in [0.2, 0.25) is 0 Å². The summed E-state index contributed by atoms with van der Waals surface area (Å²) < 4.78 is 5.78. The van der Waals surface area contributed by atoms with Crippen molar-refractivity contribution >= 4 is 11.3 Å². The molecule has 24 heavy (non-hydrogen) atoms. The van der Waals surface area contributed by atoms with Gasteiger partial charge in [0.2, 0.25) is 0 Å². The summed E-state index contributed by atoms with van der Waals surface area (Å²) in [7, 11) is 3.94. The third-order valence-electron chi connectivity index (χ3n) is 4.03. The van der Waals surface area contributed by atoms with Crippen LogP contribution in [0.4, 0.5) is 5.82 Å². The monoisotopic (exact) mass is 322 g/mol. The molecule has 0 aliphatic carbocycles. The number of hydrogen-bond acceptors (Lipinski definition) is 5. The molecule has 4 rings (SSSR count). The van der Waals surface area contributed by atoms with Crippen LogP contribution in [0, 0.1) is 6.92 Å². The van der Waals surface area contributed by atoms with Crippen LogP contribution in [-0.4, -0.2) is 33.7 Å². The van der Waals surface area contributed by atoms with E-state index in [4.69, 9.17) is 0 Å². The smallest absolute Gasteiger partial charge is 0.153 e. The number of hydrogen-bond donors (Lipinski definition) is 1. The van der Waals surface area contributed by atoms with Gasteiger partial charge in [0.1, 0.15) is 23.2 Å². The van der Waals surface area contributed by atoms with Gasteiger partial charge in [-0.05, 0) is 13.0 Å². The Labute approximate surface area is 138 Å². The van der Waals surface area contributed by atoms with Gasteiger partial charge < -0.3 is 14.5 Å². The quantitative estimate of drug-likeness (QED) is 0.619. The number of rotatable bonds is 4. The van der Waals surface area contributed by atoms with E-state index >= 15 is 0 Å². The van der Waals surface area contributed by atoms with Crippen LogP contribution in [0.1, 0.15) is 23.4 Å². The zero-order chi connectivity index (χ0) is 16.7. The molecule has 8 nitrogen and oxygen atoms in total. The van der Waals surface area contributed by atoms with Crippen molar-refractivity contribution in [3.8, 4) is 0 Å². The lowest BCUT2D eigenvalue weighted by molar-refractivity contribution is 0.676. The van der Waals surface area contributed by atoms with Gasteiger partial charge in [0, 0.05) is 51.3 Å². The molecule has 0 unspecified atom stereocenters. The molecule has 0 aliphatic rings. The van der Waals surface area contributed by atoms with Crippen LogP contribution in [0.15, 0.2) is 43.2 Å². The number of aryl methyl sites for hydroxylation is 3. The first-order chi connectivity index (χ1) is 11.6. The van der Waals surface area contributed by atoms with Crippen LogP contribution < -0.4 is 5.32 Å². The molecule has 4 heterocycles. The van der Waals surface area contributed by atoms with Gasteiger partial charge in [0.05, 0.1) is 5.69 Å². The Morgan fingerprint density at radius 1 is 0.917 bits per heavy atom. The predicted molar refractivity (Wildman–Crippen MR) is 89.6 cm³/mol. The summed E-state index contributed by atoms with van der Waals surface area (Å²) >= 11 is 0. The molecule has 0 amide bonds. The normalized spacial score (nSPS) is 11.5. The van der Waals surface area contributed by atoms with Crippen LogP contribution in [0.5, 0.6) is 0 Å². The van der Waals surface area contributed by atoms with Crippen LogP contribution >= 0.6 is 0 Å². The summed E-state index contributed by atoms with van der Waals surface area (Å²) in [5.74, 6) is 2.47. The summed E-state index contributed by atoms with van der Waals surface area (Å²) in [6, 6.07) is 1.78. The van der Waals surface area contributed by atoms with E-state index < -0.39 is 0 Å². The van der Waals surface area contributed by atoms with Gasteiger partial charge in [-0.15, -0.1) is 0 Å². The molecule has 1 N–H and O–H groups in total. The van der Waals surface area contributed by atoms with E-state index in [9.17, 15) is 0 Å². The first-order valence-electron chi connectivity index (χ1n) is 7.65. The summed E-state index contributed by atoms with van der Waals surface area (Å²) in [6.07, 6.45) is 11.0. The number of aromatic nitrogens is 7. The average Bonchev–Trinajstić information content (AvgIpc) is 3.25. The number of imidazole rings is 2. The minimum absolute atomic E-state index is 0.223. The average molecular weight is 322 g/mol. The van der Waals surface area contributed by atoms with Crippen molar-refractivity contribution in [1.29, 1.82) is 0 Å². The number of nitrogens with one attached hydrogen (secondary N) is 1. The van der Waals surface area contributed by atoms with Gasteiger partial charge in [-0.3, -0.25) is 0 Å². The maximum absolute atomic E-state index is 4.49. The van der Waals surface area contributed by atoms with Crippen LogP contribution in [0.3, 0.4) is 0 Å². The van der Waals surface area contributed by atoms with Crippen molar-refractivity contribution in [3.05, 3.63) is 60.6 Å². The Balaban J connectivity index is 1.82. The van der Waals surface area contributed by atoms with E-state index in [0.29, 0.717) is 0 Å². The first kappa shape index (κ1) is 14.4. The molecule has 0 atom stereocenters. The zero-order valence-corrected chi connectivity index (χ0v) is 13.7. The molecule has 0 saturated heterocycles. The lowest BCUT2D eigenvalue weighted by atomic mass is 10.2. The van der Waals surface area contributed by atoms with Gasteiger partial charge in [0.25, 0.3) is 0 Å². The second kappa shape index (κ2) is 5.48. The molecule has 4 aromatic heterocycles. The molecular weight excluding hydrogens is 304 g/mol. The first-order valence-corrected chi connectivity index (χ1v) is 7.65. The maximum Gasteiger partial charge on any atom is 0.153 e. The van der Waals surface area contributed by atoms with E-state index in [1.807, 2.05) is 59.3 Å². The van der Waals surface area contributed by atoms with Crippen molar-refractivity contribution in [1.82, 2.24) is 33.7 Å². The van der Waals surface area contributed by atoms with E-state index in [-0.39, 0.29) is 6.04 Å². The largest absolute Gasteiger partial charge is 0.352 e. The molecule has 0 radical (unpaired) electrons. The van der Waals surface area contributed by atoms with E-state index in [1.165, 1.54) is 0 Å². The second-order valence-electron chi connectivity index (χ2n) is 5.76. The second-order valence-corrected chi connectivity index (χ2v) is 5.76. The van der Waals surface area contributed by atoms with Gasteiger partial charge in [-0.25, -0.2) is 19.5 Å². The third-order valence-corrected chi connectivity index (χ3v) is 4.03. The Morgan fingerprint density at radius 2 is 1.54 bits per heavy atom. The van der Waals surface area contributed by atoms with Gasteiger partial charge in [-0.1, -0.05) is 0 Å². The maximum atomic E-state index is 4.49. The number of fused-ring (bicyclic) bond motifs is 1. The van der Waals surface area contributed by atoms with Crippen molar-refractivity contribution in [2.24, 2.45) is 14.1 Å². The predicted octanol–water partition coefficient (Wildman–Crippen LogP) is 1.71. The van der Waals surface area contributed by atoms with Gasteiger partial charge in [-0.2, -0.15) is 5.10 Å². The minimum atomic E-state index is -0.223. The standard InChI is InChI=1S/C16H18N8/c1-11-10-12-14(17-6-9-24(12)21-11)20-13(15-18-4-7-22(15)2)16-19-5-8-23(16)3/h4-10,13H,1-3H3,(H,17,20). The van der Waals surface area contributed by atoms with Crippen LogP contribution in [0.25, 0.3) is 5.52 Å². The highest BCUT2D eigenvalue weighted by Crippen LogP contribution is 2.25. The Kier molecular flexibility index (Phi) is 3.30. The van der Waals surface area contributed by atoms with Gasteiger partial charge in [0.15, 0.2) is 5.82 Å². The summed E-state index contributed by atoms with van der Waals surface area (Å²) in [5, 5.41) is 7.92. The highest BCUT2D eigenvalue weighted by atomic mass is 15.3. The topological polar surface area (TPSA) is 77.9 Å². The Morgan fingerprint density at radius 3 is 2.12 bits per heavy atom. The van der Waals surface area contributed by atoms with E-state index in [2.05, 4.69) is 25.4 Å². The lowest BCUT2D eigenvalue weighted by Gasteiger charge is -2.19. The molecule has 122 valence electrons. The highest BCUT2D eigenvalue weighted by molar-refractivity contribution is 5.68. The molecule has 0 bridgehead atoms. The highest BCUT2D eigenvalue weighted by Gasteiger charge is 2.23. The molecule has 4 aromatic rings. The Hall–Kier alpha value is -3.16. The van der Waals surface area contributed by atoms with Crippen molar-refractivity contribution in [2.45, 2.75) is 13.0 Å². The summed E-state index contributed by atoms with van der Waals surface area (Å²) in [5.41, 5.74) is 1.86. The van der Waals surface area contributed by atoms with Crippen LogP contribution in [-0.2, 0) is 14.1 Å². The number of nitrogens with zero attached hydrogens (tertiary/aromatic N) is 7. The van der Waals surface area contributed by atoms with Crippen molar-refractivity contribution in [2.75, 3.05) is 5.32 Å². The molecule has 0 aliphatic heterocycles. The fraction of sp³-hybridized carbons (Fsp3) is 0.250. The molecule has 8 heteroatoms. The Bertz CT molecular complexity index is 952. The summed E-state index contributed by atoms with van der Waals surface area (Å²) in [6.45, 7) is 1.96. The summed E-state index contributed by atoms with van der Waals surface area (Å²) in [4.78, 5) is 13.5. The fourth-order valence-electron chi connectivity index (χ4n) is 2.85.